The third kappa shape index (κ3) is 2.67. The van der Waals surface area contributed by atoms with Gasteiger partial charge in [-0.1, -0.05) is 18.2 Å². The minimum absolute atomic E-state index is 0.210. The Morgan fingerprint density at radius 3 is 2.84 bits per heavy atom. The first-order valence-electron chi connectivity index (χ1n) is 7.14. The van der Waals surface area contributed by atoms with E-state index >= 15 is 0 Å². The van der Waals surface area contributed by atoms with Crippen LogP contribution in [0.2, 0.25) is 0 Å². The van der Waals surface area contributed by atoms with Crippen molar-refractivity contribution in [1.82, 2.24) is 4.57 Å². The maximum Gasteiger partial charge on any atom is 0.0513 e. The van der Waals surface area contributed by atoms with Crippen LogP contribution in [0.15, 0.2) is 30.5 Å². The topological polar surface area (TPSA) is 34.4 Å². The molecule has 1 aromatic carbocycles. The lowest BCUT2D eigenvalue weighted by molar-refractivity contribution is 0.0616. The number of hydrogen-bond acceptors (Lipinski definition) is 2. The summed E-state index contributed by atoms with van der Waals surface area (Å²) in [5, 5.41) is 10.5. The summed E-state index contributed by atoms with van der Waals surface area (Å²) in [6.45, 7) is 3.07. The summed E-state index contributed by atoms with van der Waals surface area (Å²) in [5.74, 6) is 0.714. The molecule has 0 saturated carbocycles. The van der Waals surface area contributed by atoms with E-state index in [0.29, 0.717) is 5.92 Å². The molecule has 1 N–H and O–H groups in total. The van der Waals surface area contributed by atoms with Gasteiger partial charge in [-0.2, -0.15) is 0 Å². The van der Waals surface area contributed by atoms with Gasteiger partial charge in [-0.3, -0.25) is 0 Å². The molecule has 0 amide bonds. The van der Waals surface area contributed by atoms with E-state index in [4.69, 9.17) is 4.74 Å². The number of aliphatic hydroxyl groups is 1. The molecule has 19 heavy (non-hydrogen) atoms. The largest absolute Gasteiger partial charge is 0.396 e. The van der Waals surface area contributed by atoms with Gasteiger partial charge in [0.15, 0.2) is 0 Å². The molecule has 3 rings (SSSR count). The number of fused-ring (bicyclic) bond motifs is 1. The van der Waals surface area contributed by atoms with E-state index in [1.54, 1.807) is 0 Å². The molecular formula is C16H21NO2. The maximum absolute atomic E-state index is 9.20. The van der Waals surface area contributed by atoms with Crippen LogP contribution in [-0.4, -0.2) is 29.5 Å². The Morgan fingerprint density at radius 1 is 1.21 bits per heavy atom. The van der Waals surface area contributed by atoms with Crippen molar-refractivity contribution in [3.63, 3.8) is 0 Å². The second kappa shape index (κ2) is 5.76. The van der Waals surface area contributed by atoms with Gasteiger partial charge in [0.1, 0.15) is 0 Å². The van der Waals surface area contributed by atoms with Crippen LogP contribution in [0, 0.1) is 5.92 Å². The molecule has 3 nitrogen and oxygen atoms in total. The molecule has 1 aliphatic heterocycles. The summed E-state index contributed by atoms with van der Waals surface area (Å²) in [6.07, 6.45) is 5.22. The minimum Gasteiger partial charge on any atom is -0.396 e. The Hall–Kier alpha value is -1.32. The molecular weight excluding hydrogens is 238 g/mol. The second-order valence-electron chi connectivity index (χ2n) is 5.35. The van der Waals surface area contributed by atoms with Gasteiger partial charge in [-0.15, -0.1) is 0 Å². The van der Waals surface area contributed by atoms with Gasteiger partial charge in [-0.05, 0) is 42.2 Å². The van der Waals surface area contributed by atoms with Crippen molar-refractivity contribution in [3.05, 3.63) is 36.0 Å². The average molecular weight is 259 g/mol. The summed E-state index contributed by atoms with van der Waals surface area (Å²) in [5.41, 5.74) is 2.54. The van der Waals surface area contributed by atoms with Crippen molar-refractivity contribution in [2.75, 3.05) is 19.8 Å². The van der Waals surface area contributed by atoms with Gasteiger partial charge in [-0.25, -0.2) is 0 Å². The number of hydrogen-bond donors (Lipinski definition) is 1. The molecule has 1 saturated heterocycles. The highest BCUT2D eigenvalue weighted by Gasteiger charge is 2.16. The van der Waals surface area contributed by atoms with E-state index in [2.05, 4.69) is 35.0 Å². The fourth-order valence-electron chi connectivity index (χ4n) is 3.02. The SMILES string of the molecule is OCCc1cccc2ccn(CC3CCOCC3)c12. The molecule has 0 atom stereocenters. The van der Waals surface area contributed by atoms with Crippen LogP contribution in [0.4, 0.5) is 0 Å². The number of nitrogens with zero attached hydrogens (tertiary/aromatic N) is 1. The fraction of sp³-hybridized carbons (Fsp3) is 0.500. The van der Waals surface area contributed by atoms with E-state index in [0.717, 1.165) is 39.0 Å². The van der Waals surface area contributed by atoms with E-state index in [-0.39, 0.29) is 6.61 Å². The lowest BCUT2D eigenvalue weighted by Gasteiger charge is -2.23. The maximum atomic E-state index is 9.20. The van der Waals surface area contributed by atoms with E-state index in [1.165, 1.54) is 16.5 Å². The first-order chi connectivity index (χ1) is 9.38. The molecule has 1 aromatic heterocycles. The lowest BCUT2D eigenvalue weighted by Crippen LogP contribution is -2.20. The van der Waals surface area contributed by atoms with Crippen molar-refractivity contribution < 1.29 is 9.84 Å². The number of para-hydroxylation sites is 1. The number of ether oxygens (including phenoxy) is 1. The number of aromatic nitrogens is 1. The van der Waals surface area contributed by atoms with Crippen LogP contribution in [-0.2, 0) is 17.7 Å². The molecule has 0 unspecified atom stereocenters. The number of benzene rings is 1. The van der Waals surface area contributed by atoms with Crippen LogP contribution in [0.5, 0.6) is 0 Å². The van der Waals surface area contributed by atoms with Crippen LogP contribution in [0.3, 0.4) is 0 Å². The van der Waals surface area contributed by atoms with Gasteiger partial charge in [0.2, 0.25) is 0 Å². The summed E-state index contributed by atoms with van der Waals surface area (Å²) < 4.78 is 7.78. The zero-order chi connectivity index (χ0) is 13.1. The van der Waals surface area contributed by atoms with Gasteiger partial charge in [0, 0.05) is 32.6 Å². The zero-order valence-electron chi connectivity index (χ0n) is 11.2. The van der Waals surface area contributed by atoms with E-state index in [9.17, 15) is 5.11 Å². The van der Waals surface area contributed by atoms with E-state index in [1.807, 2.05) is 0 Å². The zero-order valence-corrected chi connectivity index (χ0v) is 11.2. The molecule has 1 aliphatic rings. The molecule has 1 fully saturated rings. The Kier molecular flexibility index (Phi) is 3.85. The molecule has 0 aliphatic carbocycles. The second-order valence-corrected chi connectivity index (χ2v) is 5.35. The molecule has 0 spiro atoms. The van der Waals surface area contributed by atoms with Crippen LogP contribution >= 0.6 is 0 Å². The van der Waals surface area contributed by atoms with Crippen molar-refractivity contribution in [1.29, 1.82) is 0 Å². The molecule has 2 aromatic rings. The lowest BCUT2D eigenvalue weighted by atomic mass is 10.00. The van der Waals surface area contributed by atoms with E-state index < -0.39 is 0 Å². The van der Waals surface area contributed by atoms with Crippen molar-refractivity contribution in [2.45, 2.75) is 25.8 Å². The number of rotatable bonds is 4. The quantitative estimate of drug-likeness (QED) is 0.916. The predicted molar refractivity (Wildman–Crippen MR) is 76.3 cm³/mol. The Balaban J connectivity index is 1.89. The third-order valence-corrected chi connectivity index (χ3v) is 4.05. The molecule has 102 valence electrons. The normalized spacial score (nSPS) is 17.1. The van der Waals surface area contributed by atoms with Crippen molar-refractivity contribution in [2.24, 2.45) is 5.92 Å². The number of aliphatic hydroxyl groups excluding tert-OH is 1. The summed E-state index contributed by atoms with van der Waals surface area (Å²) in [6, 6.07) is 8.53. The van der Waals surface area contributed by atoms with Gasteiger partial charge in [0.25, 0.3) is 0 Å². The minimum atomic E-state index is 0.210. The molecule has 2 heterocycles. The van der Waals surface area contributed by atoms with Crippen LogP contribution < -0.4 is 0 Å². The highest BCUT2D eigenvalue weighted by atomic mass is 16.5. The first-order valence-corrected chi connectivity index (χ1v) is 7.14. The Morgan fingerprint density at radius 2 is 2.05 bits per heavy atom. The summed E-state index contributed by atoms with van der Waals surface area (Å²) in [4.78, 5) is 0. The molecule has 3 heteroatoms. The van der Waals surface area contributed by atoms with Crippen LogP contribution in [0.25, 0.3) is 10.9 Å². The summed E-state index contributed by atoms with van der Waals surface area (Å²) in [7, 11) is 0. The highest BCUT2D eigenvalue weighted by Crippen LogP contribution is 2.24. The van der Waals surface area contributed by atoms with Gasteiger partial charge in [0.05, 0.1) is 5.52 Å². The van der Waals surface area contributed by atoms with Gasteiger partial charge >= 0.3 is 0 Å². The smallest absolute Gasteiger partial charge is 0.0513 e. The third-order valence-electron chi connectivity index (χ3n) is 4.05. The highest BCUT2D eigenvalue weighted by molar-refractivity contribution is 5.83. The predicted octanol–water partition coefficient (Wildman–Crippen LogP) is 2.60. The molecule has 0 bridgehead atoms. The van der Waals surface area contributed by atoms with Gasteiger partial charge < -0.3 is 14.4 Å². The first kappa shape index (κ1) is 12.7. The Bertz CT molecular complexity index is 541. The average Bonchev–Trinajstić information content (AvgIpc) is 2.85. The fourth-order valence-corrected chi connectivity index (χ4v) is 3.02. The standard InChI is InChI=1S/C16H21NO2/c18-9-5-15-3-1-2-14-4-8-17(16(14)15)12-13-6-10-19-11-7-13/h1-4,8,13,18H,5-7,9-12H2. The summed E-state index contributed by atoms with van der Waals surface area (Å²) >= 11 is 0. The van der Waals surface area contributed by atoms with Crippen LogP contribution in [0.1, 0.15) is 18.4 Å². The van der Waals surface area contributed by atoms with Crippen molar-refractivity contribution >= 4 is 10.9 Å². The molecule has 0 radical (unpaired) electrons. The monoisotopic (exact) mass is 259 g/mol. The Labute approximate surface area is 113 Å². The van der Waals surface area contributed by atoms with Crippen molar-refractivity contribution in [3.8, 4) is 0 Å².